The second kappa shape index (κ2) is 3.26. The van der Waals surface area contributed by atoms with Gasteiger partial charge in [0.15, 0.2) is 5.78 Å². The average Bonchev–Trinajstić information content (AvgIpc) is 2.08. The molecule has 1 rings (SSSR count). The molecule has 4 heteroatoms. The molecule has 13 heavy (non-hydrogen) atoms. The molecule has 0 aromatic heterocycles. The number of hydrogen-bond donors (Lipinski definition) is 3. The van der Waals surface area contributed by atoms with Gasteiger partial charge in [0, 0.05) is 23.9 Å². The zero-order valence-electron chi connectivity index (χ0n) is 7.29. The van der Waals surface area contributed by atoms with Crippen LogP contribution in [0.3, 0.4) is 0 Å². The normalized spacial score (nSPS) is 9.62. The number of carbonyl (C=O) groups is 1. The summed E-state index contributed by atoms with van der Waals surface area (Å²) in [6.07, 6.45) is 0. The first-order chi connectivity index (χ1) is 6.02. The molecule has 4 nitrogen and oxygen atoms in total. The van der Waals surface area contributed by atoms with Gasteiger partial charge in [-0.3, -0.25) is 10.2 Å². The molecule has 5 N–H and O–H groups in total. The molecular weight excluding hydrogens is 166 g/mol. The molecule has 0 bridgehead atoms. The molecule has 0 aliphatic heterocycles. The second-order valence-corrected chi connectivity index (χ2v) is 2.78. The SMILES string of the molecule is CC(=O)C(=N)c1cc(N)ccc1N. The van der Waals surface area contributed by atoms with Gasteiger partial charge in [-0.2, -0.15) is 0 Å². The predicted octanol–water partition coefficient (Wildman–Crippen LogP) is 0.808. The topological polar surface area (TPSA) is 93.0 Å². The number of nitrogens with one attached hydrogen (secondary N) is 1. The van der Waals surface area contributed by atoms with E-state index >= 15 is 0 Å². The summed E-state index contributed by atoms with van der Waals surface area (Å²) in [5, 5.41) is 7.44. The van der Waals surface area contributed by atoms with E-state index in [1.807, 2.05) is 0 Å². The van der Waals surface area contributed by atoms with Crippen LogP contribution in [0.5, 0.6) is 0 Å². The molecular formula is C9H11N3O. The molecule has 68 valence electrons. The van der Waals surface area contributed by atoms with Gasteiger partial charge in [-0.05, 0) is 18.2 Å². The van der Waals surface area contributed by atoms with Gasteiger partial charge in [0.1, 0.15) is 5.71 Å². The zero-order chi connectivity index (χ0) is 10.0. The predicted molar refractivity (Wildman–Crippen MR) is 52.8 cm³/mol. The Kier molecular flexibility index (Phi) is 2.32. The lowest BCUT2D eigenvalue weighted by Crippen LogP contribution is -2.12. The van der Waals surface area contributed by atoms with Gasteiger partial charge in [0.2, 0.25) is 0 Å². The molecule has 0 fully saturated rings. The highest BCUT2D eigenvalue weighted by atomic mass is 16.1. The Morgan fingerprint density at radius 3 is 2.54 bits per heavy atom. The molecule has 0 amide bonds. The summed E-state index contributed by atoms with van der Waals surface area (Å²) in [5.74, 6) is -0.322. The van der Waals surface area contributed by atoms with Crippen molar-refractivity contribution in [3.63, 3.8) is 0 Å². The van der Waals surface area contributed by atoms with Crippen LogP contribution in [0.4, 0.5) is 11.4 Å². The average molecular weight is 177 g/mol. The Bertz CT molecular complexity index is 371. The number of rotatable bonds is 2. The molecule has 0 saturated carbocycles. The number of ketones is 1. The number of nitrogen functional groups attached to an aromatic ring is 2. The van der Waals surface area contributed by atoms with Crippen molar-refractivity contribution in [3.8, 4) is 0 Å². The number of anilines is 2. The van der Waals surface area contributed by atoms with Crippen molar-refractivity contribution in [1.82, 2.24) is 0 Å². The van der Waals surface area contributed by atoms with Gasteiger partial charge >= 0.3 is 0 Å². The van der Waals surface area contributed by atoms with E-state index in [4.69, 9.17) is 16.9 Å². The van der Waals surface area contributed by atoms with Crippen LogP contribution in [-0.4, -0.2) is 11.5 Å². The van der Waals surface area contributed by atoms with Gasteiger partial charge in [-0.25, -0.2) is 0 Å². The standard InChI is InChI=1S/C9H11N3O/c1-5(13)9(12)7-4-6(10)2-3-8(7)11/h2-4,12H,10-11H2,1H3. The number of benzene rings is 1. The number of nitrogens with two attached hydrogens (primary N) is 2. The highest BCUT2D eigenvalue weighted by Crippen LogP contribution is 2.16. The lowest BCUT2D eigenvalue weighted by molar-refractivity contribution is -0.111. The van der Waals surface area contributed by atoms with Crippen molar-refractivity contribution in [1.29, 1.82) is 5.41 Å². The van der Waals surface area contributed by atoms with Crippen molar-refractivity contribution in [3.05, 3.63) is 23.8 Å². The van der Waals surface area contributed by atoms with Crippen LogP contribution in [0, 0.1) is 5.41 Å². The summed E-state index contributed by atoms with van der Waals surface area (Å²) in [7, 11) is 0. The first-order valence-corrected chi connectivity index (χ1v) is 3.77. The third-order valence-corrected chi connectivity index (χ3v) is 1.70. The van der Waals surface area contributed by atoms with Crippen molar-refractivity contribution in [2.75, 3.05) is 11.5 Å². The minimum Gasteiger partial charge on any atom is -0.399 e. The number of carbonyl (C=O) groups excluding carboxylic acids is 1. The maximum absolute atomic E-state index is 10.9. The largest absolute Gasteiger partial charge is 0.399 e. The summed E-state index contributed by atoms with van der Waals surface area (Å²) in [5.41, 5.74) is 12.3. The lowest BCUT2D eigenvalue weighted by atomic mass is 10.0. The van der Waals surface area contributed by atoms with Crippen molar-refractivity contribution < 1.29 is 4.79 Å². The Morgan fingerprint density at radius 1 is 1.38 bits per heavy atom. The molecule has 1 aromatic carbocycles. The van der Waals surface area contributed by atoms with Gasteiger partial charge in [0.25, 0.3) is 0 Å². The summed E-state index contributed by atoms with van der Waals surface area (Å²) in [6.45, 7) is 1.32. The van der Waals surface area contributed by atoms with E-state index in [1.54, 1.807) is 12.1 Å². The molecule has 0 spiro atoms. The second-order valence-electron chi connectivity index (χ2n) is 2.78. The Morgan fingerprint density at radius 2 is 2.00 bits per heavy atom. The first-order valence-electron chi connectivity index (χ1n) is 3.77. The van der Waals surface area contributed by atoms with Crippen LogP contribution in [0.1, 0.15) is 12.5 Å². The van der Waals surface area contributed by atoms with E-state index in [9.17, 15) is 4.79 Å². The monoisotopic (exact) mass is 177 g/mol. The third-order valence-electron chi connectivity index (χ3n) is 1.70. The number of hydrogen-bond acceptors (Lipinski definition) is 4. The summed E-state index contributed by atoms with van der Waals surface area (Å²) in [6, 6.07) is 4.74. The van der Waals surface area contributed by atoms with Crippen LogP contribution in [0.15, 0.2) is 18.2 Å². The zero-order valence-corrected chi connectivity index (χ0v) is 7.29. The minimum atomic E-state index is -0.322. The van der Waals surface area contributed by atoms with E-state index < -0.39 is 0 Å². The van der Waals surface area contributed by atoms with Crippen LogP contribution in [0.25, 0.3) is 0 Å². The lowest BCUT2D eigenvalue weighted by Gasteiger charge is -2.05. The Balaban J connectivity index is 3.21. The quantitative estimate of drug-likeness (QED) is 0.461. The van der Waals surface area contributed by atoms with Gasteiger partial charge < -0.3 is 11.5 Å². The molecule has 0 aliphatic carbocycles. The number of Topliss-reactive ketones (excluding diaryl/α,β-unsaturated/α-hetero) is 1. The maximum atomic E-state index is 10.9. The van der Waals surface area contributed by atoms with Gasteiger partial charge in [0.05, 0.1) is 0 Å². The molecule has 0 saturated heterocycles. The van der Waals surface area contributed by atoms with Crippen molar-refractivity contribution in [2.24, 2.45) is 0 Å². The van der Waals surface area contributed by atoms with E-state index in [1.165, 1.54) is 13.0 Å². The van der Waals surface area contributed by atoms with Crippen LogP contribution in [-0.2, 0) is 4.79 Å². The van der Waals surface area contributed by atoms with Crippen molar-refractivity contribution >= 4 is 22.9 Å². The van der Waals surface area contributed by atoms with Gasteiger partial charge in [-0.1, -0.05) is 0 Å². The molecule has 1 aromatic rings. The molecule has 0 unspecified atom stereocenters. The van der Waals surface area contributed by atoms with E-state index in [2.05, 4.69) is 0 Å². The van der Waals surface area contributed by atoms with E-state index in [-0.39, 0.29) is 11.5 Å². The van der Waals surface area contributed by atoms with E-state index in [0.717, 1.165) is 0 Å². The van der Waals surface area contributed by atoms with Crippen LogP contribution < -0.4 is 11.5 Å². The minimum absolute atomic E-state index is 0.107. The van der Waals surface area contributed by atoms with Gasteiger partial charge in [-0.15, -0.1) is 0 Å². The first kappa shape index (κ1) is 9.25. The molecule has 0 atom stereocenters. The Hall–Kier alpha value is -1.84. The molecule has 0 aliphatic rings. The van der Waals surface area contributed by atoms with E-state index in [0.29, 0.717) is 16.9 Å². The fourth-order valence-corrected chi connectivity index (χ4v) is 0.980. The highest BCUT2D eigenvalue weighted by Gasteiger charge is 2.09. The van der Waals surface area contributed by atoms with Crippen LogP contribution in [0.2, 0.25) is 0 Å². The summed E-state index contributed by atoms with van der Waals surface area (Å²) < 4.78 is 0. The molecule has 0 radical (unpaired) electrons. The van der Waals surface area contributed by atoms with Crippen LogP contribution >= 0.6 is 0 Å². The third kappa shape index (κ3) is 1.84. The summed E-state index contributed by atoms with van der Waals surface area (Å²) >= 11 is 0. The van der Waals surface area contributed by atoms with Crippen molar-refractivity contribution in [2.45, 2.75) is 6.92 Å². The highest BCUT2D eigenvalue weighted by molar-refractivity contribution is 6.45. The Labute approximate surface area is 76.1 Å². The smallest absolute Gasteiger partial charge is 0.178 e. The molecule has 0 heterocycles. The maximum Gasteiger partial charge on any atom is 0.178 e. The fourth-order valence-electron chi connectivity index (χ4n) is 0.980. The summed E-state index contributed by atoms with van der Waals surface area (Å²) in [4.78, 5) is 10.9. The fraction of sp³-hybridized carbons (Fsp3) is 0.111.